The average Bonchev–Trinajstić information content (AvgIpc) is 2.43. The molecule has 0 saturated carbocycles. The van der Waals surface area contributed by atoms with Gasteiger partial charge in [0.2, 0.25) is 5.91 Å². The monoisotopic (exact) mass is 268 g/mol. The molecule has 0 atom stereocenters. The van der Waals surface area contributed by atoms with Crippen LogP contribution >= 0.6 is 0 Å². The van der Waals surface area contributed by atoms with Gasteiger partial charge in [-0.25, -0.2) is 0 Å². The van der Waals surface area contributed by atoms with E-state index in [9.17, 15) is 4.79 Å². The van der Waals surface area contributed by atoms with Gasteiger partial charge in [0.25, 0.3) is 0 Å². The van der Waals surface area contributed by atoms with Crippen molar-refractivity contribution < 1.29 is 4.79 Å². The van der Waals surface area contributed by atoms with Crippen LogP contribution in [0, 0.1) is 13.8 Å². The number of anilines is 1. The maximum absolute atomic E-state index is 12.0. The van der Waals surface area contributed by atoms with E-state index in [1.54, 1.807) is 0 Å². The summed E-state index contributed by atoms with van der Waals surface area (Å²) in [5.41, 5.74) is 10.9. The van der Waals surface area contributed by atoms with E-state index in [-0.39, 0.29) is 5.91 Å². The number of carbonyl (C=O) groups excluding carboxylic acids is 1. The summed E-state index contributed by atoms with van der Waals surface area (Å²) < 4.78 is 0. The van der Waals surface area contributed by atoms with Gasteiger partial charge >= 0.3 is 0 Å². The van der Waals surface area contributed by atoms with Crippen molar-refractivity contribution in [1.29, 1.82) is 0 Å². The Balaban J connectivity index is 2.03. The number of hydrogen-bond donors (Lipinski definition) is 2. The van der Waals surface area contributed by atoms with E-state index in [0.717, 1.165) is 16.8 Å². The molecule has 1 amide bonds. The average molecular weight is 268 g/mol. The second-order valence-electron chi connectivity index (χ2n) is 5.05. The Hall–Kier alpha value is -2.13. The Labute approximate surface area is 119 Å². The lowest BCUT2D eigenvalue weighted by Crippen LogP contribution is -2.14. The fourth-order valence-corrected chi connectivity index (χ4v) is 2.08. The van der Waals surface area contributed by atoms with Crippen molar-refractivity contribution in [3.8, 4) is 0 Å². The highest BCUT2D eigenvalue weighted by molar-refractivity contribution is 5.92. The predicted octanol–water partition coefficient (Wildman–Crippen LogP) is 2.94. The third-order valence-electron chi connectivity index (χ3n) is 3.38. The molecule has 0 aliphatic carbocycles. The van der Waals surface area contributed by atoms with Crippen LogP contribution in [0.25, 0.3) is 0 Å². The zero-order valence-corrected chi connectivity index (χ0v) is 11.9. The summed E-state index contributed by atoms with van der Waals surface area (Å²) in [7, 11) is 0. The first-order valence-corrected chi connectivity index (χ1v) is 6.73. The quantitative estimate of drug-likeness (QED) is 0.895. The molecule has 0 heterocycles. The molecule has 0 unspecified atom stereocenters. The van der Waals surface area contributed by atoms with E-state index in [1.807, 2.05) is 36.4 Å². The molecule has 0 radical (unpaired) electrons. The zero-order valence-electron chi connectivity index (χ0n) is 11.9. The third kappa shape index (κ3) is 3.68. The number of nitrogens with one attached hydrogen (secondary N) is 1. The Bertz CT molecular complexity index is 620. The number of carbonyl (C=O) groups is 1. The number of amides is 1. The molecular formula is C17H20N2O. The van der Waals surface area contributed by atoms with E-state index in [4.69, 9.17) is 5.73 Å². The molecule has 0 spiro atoms. The summed E-state index contributed by atoms with van der Waals surface area (Å²) in [4.78, 5) is 12.0. The van der Waals surface area contributed by atoms with Gasteiger partial charge in [-0.15, -0.1) is 0 Å². The van der Waals surface area contributed by atoms with Crippen molar-refractivity contribution in [3.63, 3.8) is 0 Å². The van der Waals surface area contributed by atoms with E-state index >= 15 is 0 Å². The van der Waals surface area contributed by atoms with Gasteiger partial charge in [-0.2, -0.15) is 0 Å². The normalized spacial score (nSPS) is 10.3. The molecule has 20 heavy (non-hydrogen) atoms. The number of hydrogen-bond acceptors (Lipinski definition) is 2. The highest BCUT2D eigenvalue weighted by Gasteiger charge is 2.05. The minimum Gasteiger partial charge on any atom is -0.326 e. The Morgan fingerprint density at radius 2 is 1.85 bits per heavy atom. The van der Waals surface area contributed by atoms with Crippen LogP contribution in [-0.4, -0.2) is 5.91 Å². The van der Waals surface area contributed by atoms with Crippen molar-refractivity contribution in [1.82, 2.24) is 0 Å². The first kappa shape index (κ1) is 14.3. The molecule has 0 aliphatic rings. The molecule has 0 fully saturated rings. The molecule has 0 aliphatic heterocycles. The number of benzene rings is 2. The fourth-order valence-electron chi connectivity index (χ4n) is 2.08. The second kappa shape index (κ2) is 6.35. The van der Waals surface area contributed by atoms with Crippen LogP contribution in [0.15, 0.2) is 42.5 Å². The lowest BCUT2D eigenvalue weighted by molar-refractivity contribution is -0.115. The third-order valence-corrected chi connectivity index (χ3v) is 3.38. The molecule has 2 aromatic rings. The Kier molecular flexibility index (Phi) is 4.53. The minimum absolute atomic E-state index is 0.0116. The van der Waals surface area contributed by atoms with Crippen molar-refractivity contribution in [3.05, 3.63) is 64.7 Å². The van der Waals surface area contributed by atoms with E-state index in [2.05, 4.69) is 25.2 Å². The van der Waals surface area contributed by atoms with Crippen molar-refractivity contribution in [2.24, 2.45) is 5.73 Å². The van der Waals surface area contributed by atoms with Crippen LogP contribution in [0.2, 0.25) is 0 Å². The minimum atomic E-state index is -0.0116. The number of nitrogens with two attached hydrogens (primary N) is 1. The molecule has 3 N–H and O–H groups in total. The molecular weight excluding hydrogens is 248 g/mol. The summed E-state index contributed by atoms with van der Waals surface area (Å²) in [6.45, 7) is 4.60. The molecule has 104 valence electrons. The lowest BCUT2D eigenvalue weighted by atomic mass is 10.0. The van der Waals surface area contributed by atoms with E-state index in [0.29, 0.717) is 13.0 Å². The molecule has 0 saturated heterocycles. The zero-order chi connectivity index (χ0) is 14.5. The van der Waals surface area contributed by atoms with Crippen LogP contribution in [-0.2, 0) is 17.8 Å². The van der Waals surface area contributed by atoms with Crippen molar-refractivity contribution >= 4 is 11.6 Å². The van der Waals surface area contributed by atoms with Crippen LogP contribution in [0.4, 0.5) is 5.69 Å². The molecule has 0 bridgehead atoms. The number of aryl methyl sites for hydroxylation is 2. The van der Waals surface area contributed by atoms with Crippen LogP contribution in [0.5, 0.6) is 0 Å². The highest BCUT2D eigenvalue weighted by atomic mass is 16.1. The first-order valence-electron chi connectivity index (χ1n) is 6.73. The van der Waals surface area contributed by atoms with Crippen LogP contribution in [0.1, 0.15) is 22.3 Å². The summed E-state index contributed by atoms with van der Waals surface area (Å²) in [6.07, 6.45) is 0.383. The van der Waals surface area contributed by atoms with Gasteiger partial charge in [0.05, 0.1) is 6.42 Å². The Morgan fingerprint density at radius 3 is 2.55 bits per heavy atom. The smallest absolute Gasteiger partial charge is 0.228 e. The second-order valence-corrected chi connectivity index (χ2v) is 5.05. The van der Waals surface area contributed by atoms with Gasteiger partial charge in [-0.1, -0.05) is 30.3 Å². The highest BCUT2D eigenvalue weighted by Crippen LogP contribution is 2.13. The van der Waals surface area contributed by atoms with Gasteiger partial charge in [-0.05, 0) is 48.2 Å². The van der Waals surface area contributed by atoms with Gasteiger partial charge in [0, 0.05) is 12.2 Å². The molecule has 0 aromatic heterocycles. The maximum Gasteiger partial charge on any atom is 0.228 e. The molecule has 3 nitrogen and oxygen atoms in total. The lowest BCUT2D eigenvalue weighted by Gasteiger charge is -2.08. The van der Waals surface area contributed by atoms with Crippen LogP contribution in [0.3, 0.4) is 0 Å². The van der Waals surface area contributed by atoms with E-state index < -0.39 is 0 Å². The largest absolute Gasteiger partial charge is 0.326 e. The van der Waals surface area contributed by atoms with Gasteiger partial charge in [0.1, 0.15) is 0 Å². The molecule has 2 rings (SSSR count). The van der Waals surface area contributed by atoms with Crippen molar-refractivity contribution in [2.75, 3.05) is 5.32 Å². The topological polar surface area (TPSA) is 55.1 Å². The van der Waals surface area contributed by atoms with Gasteiger partial charge < -0.3 is 11.1 Å². The predicted molar refractivity (Wildman–Crippen MR) is 82.6 cm³/mol. The van der Waals surface area contributed by atoms with Gasteiger partial charge in [-0.3, -0.25) is 4.79 Å². The van der Waals surface area contributed by atoms with E-state index in [1.165, 1.54) is 11.1 Å². The summed E-state index contributed by atoms with van der Waals surface area (Å²) >= 11 is 0. The summed E-state index contributed by atoms with van der Waals surface area (Å²) in [6, 6.07) is 13.7. The Morgan fingerprint density at radius 1 is 1.05 bits per heavy atom. The fraction of sp³-hybridized carbons (Fsp3) is 0.235. The summed E-state index contributed by atoms with van der Waals surface area (Å²) in [5.74, 6) is -0.0116. The first-order chi connectivity index (χ1) is 9.58. The summed E-state index contributed by atoms with van der Waals surface area (Å²) in [5, 5.41) is 2.90. The molecule has 2 aromatic carbocycles. The number of rotatable bonds is 4. The van der Waals surface area contributed by atoms with Crippen molar-refractivity contribution in [2.45, 2.75) is 26.8 Å². The molecule has 3 heteroatoms. The standard InChI is InChI=1S/C17H20N2O/c1-12-6-7-14(8-13(12)2)10-17(20)19-16-5-3-4-15(9-16)11-18/h3-9H,10-11,18H2,1-2H3,(H,19,20). The van der Waals surface area contributed by atoms with Gasteiger partial charge in [0.15, 0.2) is 0 Å². The SMILES string of the molecule is Cc1ccc(CC(=O)Nc2cccc(CN)c2)cc1C. The maximum atomic E-state index is 12.0. The van der Waals surface area contributed by atoms with Crippen LogP contribution < -0.4 is 11.1 Å².